The second kappa shape index (κ2) is 5.86. The predicted molar refractivity (Wildman–Crippen MR) is 79.6 cm³/mol. The molecular weight excluding hydrogens is 216 g/mol. The van der Waals surface area contributed by atoms with E-state index >= 15 is 0 Å². The van der Waals surface area contributed by atoms with Gasteiger partial charge in [-0.3, -0.25) is 0 Å². The average molecular weight is 237 g/mol. The van der Waals surface area contributed by atoms with Gasteiger partial charge in [0, 0.05) is 0 Å². The third-order valence-corrected chi connectivity index (χ3v) is 3.39. The second-order valence-corrected chi connectivity index (χ2v) is 4.97. The van der Waals surface area contributed by atoms with Crippen LogP contribution < -0.4 is 0 Å². The van der Waals surface area contributed by atoms with Crippen molar-refractivity contribution in [2.45, 2.75) is 33.1 Å². The zero-order valence-corrected chi connectivity index (χ0v) is 11.4. The minimum atomic E-state index is 1.01. The van der Waals surface area contributed by atoms with E-state index in [2.05, 4.69) is 63.2 Å². The normalized spacial score (nSPS) is 10.6. The van der Waals surface area contributed by atoms with Crippen LogP contribution in [-0.4, -0.2) is 0 Å². The van der Waals surface area contributed by atoms with Crippen molar-refractivity contribution < 1.29 is 0 Å². The molecular formula is C18H21. The molecule has 0 aliphatic rings. The molecule has 0 bridgehead atoms. The fraction of sp³-hybridized carbons (Fsp3) is 0.278. The summed E-state index contributed by atoms with van der Waals surface area (Å²) in [7, 11) is 0. The first-order valence-electron chi connectivity index (χ1n) is 6.66. The Kier molecular flexibility index (Phi) is 4.19. The van der Waals surface area contributed by atoms with Gasteiger partial charge in [0.2, 0.25) is 0 Å². The zero-order chi connectivity index (χ0) is 13.0. The molecule has 0 aromatic heterocycles. The second-order valence-electron chi connectivity index (χ2n) is 4.97. The van der Waals surface area contributed by atoms with Gasteiger partial charge in [-0.25, -0.2) is 0 Å². The highest BCUT2D eigenvalue weighted by Crippen LogP contribution is 2.23. The lowest BCUT2D eigenvalue weighted by atomic mass is 9.96. The molecule has 0 spiro atoms. The lowest BCUT2D eigenvalue weighted by Crippen LogP contribution is -1.90. The van der Waals surface area contributed by atoms with Gasteiger partial charge in [0.25, 0.3) is 0 Å². The third-order valence-electron chi connectivity index (χ3n) is 3.39. The van der Waals surface area contributed by atoms with E-state index in [9.17, 15) is 0 Å². The Morgan fingerprint density at radius 1 is 0.944 bits per heavy atom. The number of unbranched alkanes of at least 4 members (excludes halogenated alkanes) is 1. The Bertz CT molecular complexity index is 523. The van der Waals surface area contributed by atoms with Crippen LogP contribution in [0.2, 0.25) is 0 Å². The molecule has 0 aliphatic heterocycles. The lowest BCUT2D eigenvalue weighted by molar-refractivity contribution is 0.836. The Labute approximate surface area is 111 Å². The van der Waals surface area contributed by atoms with E-state index in [4.69, 9.17) is 0 Å². The molecule has 1 radical (unpaired) electrons. The van der Waals surface area contributed by atoms with Gasteiger partial charge in [-0.15, -0.1) is 0 Å². The van der Waals surface area contributed by atoms with E-state index in [1.807, 2.05) is 0 Å². The summed E-state index contributed by atoms with van der Waals surface area (Å²) in [5, 5.41) is 0. The smallest absolute Gasteiger partial charge is 0.0181 e. The molecule has 0 heteroatoms. The molecule has 2 aromatic carbocycles. The largest absolute Gasteiger partial charge is 0.0614 e. The lowest BCUT2D eigenvalue weighted by Gasteiger charge is -2.09. The SMILES string of the molecule is [CH2]CCCc1ccc(-c2cccc(C)c2)cc1C. The van der Waals surface area contributed by atoms with Crippen LogP contribution in [0.4, 0.5) is 0 Å². The van der Waals surface area contributed by atoms with E-state index < -0.39 is 0 Å². The summed E-state index contributed by atoms with van der Waals surface area (Å²) in [5.41, 5.74) is 6.78. The minimum absolute atomic E-state index is 1.01. The summed E-state index contributed by atoms with van der Waals surface area (Å²) in [5.74, 6) is 0. The minimum Gasteiger partial charge on any atom is -0.0614 e. The number of benzene rings is 2. The van der Waals surface area contributed by atoms with Crippen LogP contribution in [0, 0.1) is 20.8 Å². The van der Waals surface area contributed by atoms with Gasteiger partial charge in [0.1, 0.15) is 0 Å². The van der Waals surface area contributed by atoms with E-state index in [1.165, 1.54) is 34.2 Å². The van der Waals surface area contributed by atoms with Gasteiger partial charge in [-0.05, 0) is 48.9 Å². The highest BCUT2D eigenvalue weighted by Gasteiger charge is 2.02. The highest BCUT2D eigenvalue weighted by molar-refractivity contribution is 5.65. The van der Waals surface area contributed by atoms with Crippen molar-refractivity contribution in [3.8, 4) is 11.1 Å². The standard InChI is InChI=1S/C18H21/c1-4-5-8-16-10-11-18(13-15(16)3)17-9-6-7-14(2)12-17/h6-7,9-13H,1,4-5,8H2,2-3H3. The fourth-order valence-corrected chi connectivity index (χ4v) is 2.30. The summed E-state index contributed by atoms with van der Waals surface area (Å²) in [6.07, 6.45) is 3.33. The molecule has 18 heavy (non-hydrogen) atoms. The van der Waals surface area contributed by atoms with Gasteiger partial charge >= 0.3 is 0 Å². The van der Waals surface area contributed by atoms with Crippen molar-refractivity contribution in [1.82, 2.24) is 0 Å². The predicted octanol–water partition coefficient (Wildman–Crippen LogP) is 5.13. The first kappa shape index (κ1) is 12.9. The van der Waals surface area contributed by atoms with Crippen LogP contribution in [0.5, 0.6) is 0 Å². The quantitative estimate of drug-likeness (QED) is 0.691. The van der Waals surface area contributed by atoms with Gasteiger partial charge in [0.05, 0.1) is 0 Å². The Morgan fingerprint density at radius 2 is 1.72 bits per heavy atom. The summed E-state index contributed by atoms with van der Waals surface area (Å²) in [6, 6.07) is 15.5. The van der Waals surface area contributed by atoms with Crippen molar-refractivity contribution in [2.75, 3.05) is 0 Å². The molecule has 93 valence electrons. The van der Waals surface area contributed by atoms with Crippen molar-refractivity contribution in [3.05, 3.63) is 66.1 Å². The average Bonchev–Trinajstić information content (AvgIpc) is 2.37. The fourth-order valence-electron chi connectivity index (χ4n) is 2.30. The topological polar surface area (TPSA) is 0 Å². The zero-order valence-electron chi connectivity index (χ0n) is 11.4. The molecule has 0 atom stereocenters. The van der Waals surface area contributed by atoms with Crippen LogP contribution >= 0.6 is 0 Å². The Balaban J connectivity index is 2.28. The van der Waals surface area contributed by atoms with E-state index in [1.54, 1.807) is 0 Å². The van der Waals surface area contributed by atoms with Crippen LogP contribution in [-0.2, 0) is 6.42 Å². The Morgan fingerprint density at radius 3 is 2.39 bits per heavy atom. The number of aryl methyl sites for hydroxylation is 3. The van der Waals surface area contributed by atoms with E-state index in [0.29, 0.717) is 0 Å². The monoisotopic (exact) mass is 237 g/mol. The van der Waals surface area contributed by atoms with Crippen LogP contribution in [0.1, 0.15) is 29.5 Å². The molecule has 0 heterocycles. The third kappa shape index (κ3) is 3.01. The van der Waals surface area contributed by atoms with Crippen LogP contribution in [0.3, 0.4) is 0 Å². The molecule has 2 rings (SSSR count). The van der Waals surface area contributed by atoms with Crippen molar-refractivity contribution in [3.63, 3.8) is 0 Å². The molecule has 0 aliphatic carbocycles. The van der Waals surface area contributed by atoms with Crippen LogP contribution in [0.25, 0.3) is 11.1 Å². The molecule has 0 saturated carbocycles. The van der Waals surface area contributed by atoms with Crippen molar-refractivity contribution in [2.24, 2.45) is 0 Å². The summed E-state index contributed by atoms with van der Waals surface area (Å²) in [4.78, 5) is 0. The Hall–Kier alpha value is -1.56. The van der Waals surface area contributed by atoms with E-state index in [0.717, 1.165) is 12.8 Å². The number of hydrogen-bond donors (Lipinski definition) is 0. The number of rotatable bonds is 4. The van der Waals surface area contributed by atoms with Crippen molar-refractivity contribution in [1.29, 1.82) is 0 Å². The molecule has 0 amide bonds. The van der Waals surface area contributed by atoms with Crippen LogP contribution in [0.15, 0.2) is 42.5 Å². The number of hydrogen-bond acceptors (Lipinski definition) is 0. The maximum Gasteiger partial charge on any atom is -0.0181 e. The highest BCUT2D eigenvalue weighted by atomic mass is 14.1. The summed E-state index contributed by atoms with van der Waals surface area (Å²) in [6.45, 7) is 8.25. The summed E-state index contributed by atoms with van der Waals surface area (Å²) < 4.78 is 0. The molecule has 0 N–H and O–H groups in total. The molecule has 0 saturated heterocycles. The van der Waals surface area contributed by atoms with Gasteiger partial charge in [-0.1, -0.05) is 61.4 Å². The summed E-state index contributed by atoms with van der Waals surface area (Å²) >= 11 is 0. The maximum absolute atomic E-state index is 3.91. The molecule has 0 unspecified atom stereocenters. The molecule has 2 aromatic rings. The first-order valence-corrected chi connectivity index (χ1v) is 6.66. The molecule has 0 fully saturated rings. The van der Waals surface area contributed by atoms with Gasteiger partial charge < -0.3 is 0 Å². The van der Waals surface area contributed by atoms with Crippen molar-refractivity contribution >= 4 is 0 Å². The first-order chi connectivity index (χ1) is 8.70. The van der Waals surface area contributed by atoms with Gasteiger partial charge in [-0.2, -0.15) is 0 Å². The van der Waals surface area contributed by atoms with Gasteiger partial charge in [0.15, 0.2) is 0 Å². The maximum atomic E-state index is 3.91. The van der Waals surface area contributed by atoms with E-state index in [-0.39, 0.29) is 0 Å². The molecule has 0 nitrogen and oxygen atoms in total.